The van der Waals surface area contributed by atoms with Gasteiger partial charge in [-0.1, -0.05) is 67.5 Å². The molecular formula is C32H50N2O5. The summed E-state index contributed by atoms with van der Waals surface area (Å²) in [5.74, 6) is 0.0678. The van der Waals surface area contributed by atoms with Crippen molar-refractivity contribution in [2.24, 2.45) is 11.8 Å². The van der Waals surface area contributed by atoms with E-state index in [9.17, 15) is 9.59 Å². The summed E-state index contributed by atoms with van der Waals surface area (Å²) in [6.07, 6.45) is 19.0. The molecule has 2 aliphatic rings. The summed E-state index contributed by atoms with van der Waals surface area (Å²) in [5, 5.41) is 6.20. The van der Waals surface area contributed by atoms with E-state index in [4.69, 9.17) is 14.2 Å². The molecule has 0 aromatic carbocycles. The van der Waals surface area contributed by atoms with Gasteiger partial charge in [0.15, 0.2) is 6.29 Å². The van der Waals surface area contributed by atoms with Gasteiger partial charge >= 0.3 is 5.97 Å². The molecule has 2 N–H and O–H groups in total. The van der Waals surface area contributed by atoms with Crippen LogP contribution in [0.15, 0.2) is 59.8 Å². The third kappa shape index (κ3) is 12.5. The molecule has 7 atom stereocenters. The molecule has 218 valence electrons. The molecule has 0 unspecified atom stereocenters. The first-order chi connectivity index (χ1) is 18.6. The van der Waals surface area contributed by atoms with Crippen LogP contribution in [0.25, 0.3) is 0 Å². The number of rotatable bonds is 4. The van der Waals surface area contributed by atoms with E-state index in [0.29, 0.717) is 25.3 Å². The average Bonchev–Trinajstić information content (AvgIpc) is 2.86. The normalized spacial score (nSPS) is 37.2. The summed E-state index contributed by atoms with van der Waals surface area (Å²) in [5.41, 5.74) is 2.59. The van der Waals surface area contributed by atoms with E-state index in [1.54, 1.807) is 12.2 Å². The molecule has 0 aromatic rings. The van der Waals surface area contributed by atoms with Gasteiger partial charge in [-0.3, -0.25) is 9.59 Å². The average molecular weight is 543 g/mol. The first-order valence-corrected chi connectivity index (χ1v) is 14.3. The summed E-state index contributed by atoms with van der Waals surface area (Å²) in [6.45, 7) is 12.6. The van der Waals surface area contributed by atoms with Gasteiger partial charge in [-0.15, -0.1) is 0 Å². The second kappa shape index (κ2) is 17.3. The Bertz CT molecular complexity index is 935. The Hall–Kier alpha value is -2.48. The van der Waals surface area contributed by atoms with Gasteiger partial charge < -0.3 is 24.8 Å². The van der Waals surface area contributed by atoms with E-state index in [2.05, 4.69) is 68.7 Å². The fourth-order valence-electron chi connectivity index (χ4n) is 4.99. The zero-order chi connectivity index (χ0) is 28.8. The molecule has 1 saturated heterocycles. The highest BCUT2D eigenvalue weighted by molar-refractivity contribution is 5.87. The van der Waals surface area contributed by atoms with E-state index in [1.807, 2.05) is 20.0 Å². The third-order valence-electron chi connectivity index (χ3n) is 7.26. The minimum absolute atomic E-state index is 0.0556. The van der Waals surface area contributed by atoms with E-state index < -0.39 is 6.29 Å². The van der Waals surface area contributed by atoms with Crippen LogP contribution in [0.5, 0.6) is 0 Å². The van der Waals surface area contributed by atoms with E-state index in [0.717, 1.165) is 19.3 Å². The molecule has 0 radical (unpaired) electrons. The van der Waals surface area contributed by atoms with Crippen molar-refractivity contribution in [2.45, 2.75) is 104 Å². The lowest BCUT2D eigenvalue weighted by Gasteiger charge is -2.41. The van der Waals surface area contributed by atoms with Crippen LogP contribution < -0.4 is 10.6 Å². The fraction of sp³-hybridized carbons (Fsp3) is 0.625. The van der Waals surface area contributed by atoms with Crippen LogP contribution in [-0.4, -0.2) is 56.1 Å². The van der Waals surface area contributed by atoms with Gasteiger partial charge in [-0.2, -0.15) is 0 Å². The number of hydrogen-bond acceptors (Lipinski definition) is 6. The van der Waals surface area contributed by atoms with Gasteiger partial charge in [0.2, 0.25) is 5.91 Å². The highest BCUT2D eigenvalue weighted by Gasteiger charge is 2.39. The van der Waals surface area contributed by atoms with Crippen molar-refractivity contribution >= 4 is 11.9 Å². The maximum absolute atomic E-state index is 12.2. The Labute approximate surface area is 235 Å². The molecule has 7 nitrogen and oxygen atoms in total. The second-order valence-electron chi connectivity index (χ2n) is 11.1. The van der Waals surface area contributed by atoms with Gasteiger partial charge in [0.1, 0.15) is 6.10 Å². The maximum Gasteiger partial charge on any atom is 0.302 e. The largest absolute Gasteiger partial charge is 0.461 e. The van der Waals surface area contributed by atoms with Crippen LogP contribution in [0.4, 0.5) is 0 Å². The number of carbonyl (C=O) groups excluding carboxylic acids is 2. The second-order valence-corrected chi connectivity index (χ2v) is 11.1. The van der Waals surface area contributed by atoms with Crippen LogP contribution in [-0.2, 0) is 23.8 Å². The number of nitrogens with one attached hydrogen (secondary N) is 2. The molecule has 0 spiro atoms. The summed E-state index contributed by atoms with van der Waals surface area (Å²) < 4.78 is 18.3. The number of likely N-dealkylation sites (N-methyl/N-ethyl adjacent to an activating group) is 1. The SMILES string of the molecule is CN[C@H]1[C@@H](OC(C)=O)C[C@H](O[C@H]2C/C=C(\C)C/C(C)=C/C=C/CC[C@H](C)CNC(=O)/C=C/C=C/[C@@H]2C)O[C@@H]1C. The lowest BCUT2D eigenvalue weighted by Crippen LogP contribution is -2.55. The number of amides is 1. The zero-order valence-corrected chi connectivity index (χ0v) is 24.9. The number of esters is 1. The predicted molar refractivity (Wildman–Crippen MR) is 157 cm³/mol. The third-order valence-corrected chi connectivity index (χ3v) is 7.26. The van der Waals surface area contributed by atoms with Gasteiger partial charge in [-0.05, 0) is 59.4 Å². The molecular weight excluding hydrogens is 492 g/mol. The molecule has 1 amide bonds. The van der Waals surface area contributed by atoms with Crippen molar-refractivity contribution in [3.05, 3.63) is 59.8 Å². The van der Waals surface area contributed by atoms with E-state index in [1.165, 1.54) is 18.1 Å². The Kier molecular flexibility index (Phi) is 14.5. The highest BCUT2D eigenvalue weighted by Crippen LogP contribution is 2.27. The molecule has 39 heavy (non-hydrogen) atoms. The van der Waals surface area contributed by atoms with Crippen LogP contribution in [0.3, 0.4) is 0 Å². The Morgan fingerprint density at radius 3 is 2.59 bits per heavy atom. The maximum atomic E-state index is 12.2. The van der Waals surface area contributed by atoms with Crippen molar-refractivity contribution in [2.75, 3.05) is 13.6 Å². The van der Waals surface area contributed by atoms with Gasteiger partial charge in [0.05, 0.1) is 18.2 Å². The first-order valence-electron chi connectivity index (χ1n) is 14.3. The van der Waals surface area contributed by atoms with Crippen LogP contribution >= 0.6 is 0 Å². The van der Waals surface area contributed by atoms with Crippen LogP contribution in [0.2, 0.25) is 0 Å². The first kappa shape index (κ1) is 32.7. The molecule has 0 saturated carbocycles. The lowest BCUT2D eigenvalue weighted by molar-refractivity contribution is -0.244. The van der Waals surface area contributed by atoms with Crippen molar-refractivity contribution in [3.8, 4) is 0 Å². The van der Waals surface area contributed by atoms with Crippen molar-refractivity contribution in [1.29, 1.82) is 0 Å². The predicted octanol–water partition coefficient (Wildman–Crippen LogP) is 5.55. The smallest absolute Gasteiger partial charge is 0.302 e. The summed E-state index contributed by atoms with van der Waals surface area (Å²) in [7, 11) is 1.85. The highest BCUT2D eigenvalue weighted by atomic mass is 16.7. The van der Waals surface area contributed by atoms with Crippen LogP contribution in [0.1, 0.15) is 73.6 Å². The summed E-state index contributed by atoms with van der Waals surface area (Å²) in [4.78, 5) is 24.0. The molecule has 0 aromatic heterocycles. The van der Waals surface area contributed by atoms with Crippen LogP contribution in [0, 0.1) is 11.8 Å². The van der Waals surface area contributed by atoms with Gasteiger partial charge in [0, 0.05) is 31.9 Å². The van der Waals surface area contributed by atoms with E-state index in [-0.39, 0.29) is 42.1 Å². The lowest BCUT2D eigenvalue weighted by atomic mass is 9.97. The number of hydrogen-bond donors (Lipinski definition) is 2. The monoisotopic (exact) mass is 542 g/mol. The van der Waals surface area contributed by atoms with Crippen molar-refractivity contribution in [1.82, 2.24) is 10.6 Å². The van der Waals surface area contributed by atoms with E-state index >= 15 is 0 Å². The fourth-order valence-corrected chi connectivity index (χ4v) is 4.99. The van der Waals surface area contributed by atoms with Crippen molar-refractivity contribution < 1.29 is 23.8 Å². The van der Waals surface area contributed by atoms with Gasteiger partial charge in [-0.25, -0.2) is 0 Å². The topological polar surface area (TPSA) is 85.9 Å². The molecule has 0 aliphatic carbocycles. The summed E-state index contributed by atoms with van der Waals surface area (Å²) in [6, 6.07) is -0.102. The molecule has 2 rings (SSSR count). The van der Waals surface area contributed by atoms with Crippen molar-refractivity contribution in [3.63, 3.8) is 0 Å². The minimum Gasteiger partial charge on any atom is -0.461 e. The molecule has 0 bridgehead atoms. The quantitative estimate of drug-likeness (QED) is 0.358. The number of allylic oxidation sites excluding steroid dienone is 7. The molecule has 2 aliphatic heterocycles. The Morgan fingerprint density at radius 1 is 1.10 bits per heavy atom. The number of carbonyl (C=O) groups is 2. The summed E-state index contributed by atoms with van der Waals surface area (Å²) >= 11 is 0. The standard InChI is InChI=1S/C32H50N2O5/c1-22-13-9-8-10-14-24(3)21-34-30(36)16-12-11-15-25(4)28(18-17-23(2)19-22)39-31-20-29(38-27(6)35)32(33-7)26(5)37-31/h8-9,11-13,15-17,24-26,28-29,31-33H,10,14,18-21H2,1-7H3,(H,34,36)/b9-8+,15-11+,16-12+,22-13+,23-17+/t24-,25-,26+,28-,29-,31-,32+/m0/s1. The molecule has 2 heterocycles. The Balaban J connectivity index is 2.22. The Morgan fingerprint density at radius 2 is 1.87 bits per heavy atom. The van der Waals surface area contributed by atoms with Gasteiger partial charge in [0.25, 0.3) is 0 Å². The molecule has 7 heteroatoms. The molecule has 1 fully saturated rings. The number of ether oxygens (including phenoxy) is 3. The zero-order valence-electron chi connectivity index (χ0n) is 24.9. The minimum atomic E-state index is -0.496.